The Balaban J connectivity index is 2.51. The van der Waals surface area contributed by atoms with Gasteiger partial charge in [-0.25, -0.2) is 0 Å². The molecule has 1 nitrogen and oxygen atoms in total. The Kier molecular flexibility index (Phi) is 6.07. The molecule has 0 bridgehead atoms. The van der Waals surface area contributed by atoms with Crippen LogP contribution in [0.25, 0.3) is 0 Å². The third-order valence-electron chi connectivity index (χ3n) is 2.97. The summed E-state index contributed by atoms with van der Waals surface area (Å²) in [7, 11) is 0. The fourth-order valence-corrected chi connectivity index (χ4v) is 3.07. The lowest BCUT2D eigenvalue weighted by Crippen LogP contribution is -2.25. The molecule has 2 heteroatoms. The second-order valence-electron chi connectivity index (χ2n) is 5.21. The van der Waals surface area contributed by atoms with Gasteiger partial charge in [0, 0.05) is 11.2 Å². The lowest BCUT2D eigenvalue weighted by atomic mass is 9.84. The van der Waals surface area contributed by atoms with Gasteiger partial charge in [0.2, 0.25) is 0 Å². The molecule has 0 saturated carbocycles. The second kappa shape index (κ2) is 7.07. The minimum Gasteiger partial charge on any atom is -0.388 e. The topological polar surface area (TPSA) is 20.2 Å². The van der Waals surface area contributed by atoms with E-state index in [0.29, 0.717) is 0 Å². The standard InChI is InChI=1S/C15H24OS/c1-4-5-11-17-12-15(2,3)14(16)13-9-7-6-8-10-13/h6-10,14,16H,4-5,11-12H2,1-3H3/t14-/m1/s1. The second-order valence-corrected chi connectivity index (χ2v) is 6.31. The van der Waals surface area contributed by atoms with E-state index in [2.05, 4.69) is 20.8 Å². The van der Waals surface area contributed by atoms with E-state index in [1.54, 1.807) is 0 Å². The Hall–Kier alpha value is -0.470. The number of hydrogen-bond donors (Lipinski definition) is 1. The quantitative estimate of drug-likeness (QED) is 0.731. The predicted octanol–water partition coefficient (Wildman–Crippen LogP) is 4.28. The number of thioether (sulfide) groups is 1. The zero-order valence-corrected chi connectivity index (χ0v) is 12.0. The maximum atomic E-state index is 10.4. The molecule has 0 unspecified atom stereocenters. The van der Waals surface area contributed by atoms with E-state index in [1.807, 2.05) is 42.1 Å². The molecule has 0 aliphatic heterocycles. The average molecular weight is 252 g/mol. The summed E-state index contributed by atoms with van der Waals surface area (Å²) in [4.78, 5) is 0. The van der Waals surface area contributed by atoms with Gasteiger partial charge in [-0.1, -0.05) is 57.5 Å². The smallest absolute Gasteiger partial charge is 0.0848 e. The largest absolute Gasteiger partial charge is 0.388 e. The van der Waals surface area contributed by atoms with Crippen LogP contribution in [0.2, 0.25) is 0 Å². The molecule has 1 N–H and O–H groups in total. The molecule has 0 spiro atoms. The summed E-state index contributed by atoms with van der Waals surface area (Å²) in [6, 6.07) is 9.96. The predicted molar refractivity (Wildman–Crippen MR) is 77.4 cm³/mol. The van der Waals surface area contributed by atoms with Crippen LogP contribution in [0.5, 0.6) is 0 Å². The number of rotatable bonds is 7. The molecular formula is C15H24OS. The molecule has 1 atom stereocenters. The van der Waals surface area contributed by atoms with Crippen LogP contribution >= 0.6 is 11.8 Å². The summed E-state index contributed by atoms with van der Waals surface area (Å²) in [5.41, 5.74) is 0.952. The van der Waals surface area contributed by atoms with Crippen molar-refractivity contribution in [2.24, 2.45) is 5.41 Å². The van der Waals surface area contributed by atoms with Crippen molar-refractivity contribution in [3.05, 3.63) is 35.9 Å². The maximum Gasteiger partial charge on any atom is 0.0848 e. The number of hydrogen-bond acceptors (Lipinski definition) is 2. The van der Waals surface area contributed by atoms with Crippen molar-refractivity contribution in [1.29, 1.82) is 0 Å². The molecular weight excluding hydrogens is 228 g/mol. The highest BCUT2D eigenvalue weighted by atomic mass is 32.2. The Morgan fingerprint density at radius 3 is 2.47 bits per heavy atom. The Bertz CT molecular complexity index is 308. The van der Waals surface area contributed by atoms with Crippen molar-refractivity contribution in [2.45, 2.75) is 39.7 Å². The van der Waals surface area contributed by atoms with Crippen molar-refractivity contribution < 1.29 is 5.11 Å². The summed E-state index contributed by atoms with van der Waals surface area (Å²) in [5.74, 6) is 2.20. The van der Waals surface area contributed by atoms with Crippen LogP contribution in [0.3, 0.4) is 0 Å². The lowest BCUT2D eigenvalue weighted by Gasteiger charge is -2.30. The van der Waals surface area contributed by atoms with Crippen LogP contribution in [0.1, 0.15) is 45.3 Å². The minimum atomic E-state index is -0.377. The van der Waals surface area contributed by atoms with Gasteiger partial charge < -0.3 is 5.11 Å². The molecule has 0 aliphatic rings. The number of benzene rings is 1. The fraction of sp³-hybridized carbons (Fsp3) is 0.600. The molecule has 0 amide bonds. The first-order valence-electron chi connectivity index (χ1n) is 6.38. The van der Waals surface area contributed by atoms with Crippen LogP contribution in [0.4, 0.5) is 0 Å². The molecule has 0 saturated heterocycles. The fourth-order valence-electron chi connectivity index (χ4n) is 1.75. The maximum absolute atomic E-state index is 10.4. The molecule has 1 rings (SSSR count). The average Bonchev–Trinajstić information content (AvgIpc) is 2.35. The Morgan fingerprint density at radius 2 is 1.88 bits per heavy atom. The summed E-state index contributed by atoms with van der Waals surface area (Å²) >= 11 is 1.95. The van der Waals surface area contributed by atoms with Crippen molar-refractivity contribution in [2.75, 3.05) is 11.5 Å². The van der Waals surface area contributed by atoms with Crippen molar-refractivity contribution in [3.63, 3.8) is 0 Å². The first kappa shape index (κ1) is 14.6. The van der Waals surface area contributed by atoms with Crippen molar-refractivity contribution >= 4 is 11.8 Å². The van der Waals surface area contributed by atoms with Crippen LogP contribution < -0.4 is 0 Å². The van der Waals surface area contributed by atoms with Gasteiger partial charge in [0.15, 0.2) is 0 Å². The summed E-state index contributed by atoms with van der Waals surface area (Å²) in [6.07, 6.45) is 2.13. The number of aliphatic hydroxyl groups excluding tert-OH is 1. The zero-order chi connectivity index (χ0) is 12.7. The highest BCUT2D eigenvalue weighted by Gasteiger charge is 2.28. The van der Waals surface area contributed by atoms with Crippen LogP contribution in [0, 0.1) is 5.41 Å². The molecule has 17 heavy (non-hydrogen) atoms. The summed E-state index contributed by atoms with van der Waals surface area (Å²) in [6.45, 7) is 6.50. The summed E-state index contributed by atoms with van der Waals surface area (Å²) in [5, 5.41) is 10.4. The summed E-state index contributed by atoms with van der Waals surface area (Å²) < 4.78 is 0. The van der Waals surface area contributed by atoms with Crippen LogP contribution in [-0.4, -0.2) is 16.6 Å². The molecule has 0 heterocycles. The van der Waals surface area contributed by atoms with Crippen LogP contribution in [0.15, 0.2) is 30.3 Å². The SMILES string of the molecule is CCCCSCC(C)(C)[C@H](O)c1ccccc1. The van der Waals surface area contributed by atoms with E-state index >= 15 is 0 Å². The van der Waals surface area contributed by atoms with Gasteiger partial charge in [0.25, 0.3) is 0 Å². The number of aliphatic hydroxyl groups is 1. The molecule has 1 aromatic rings. The first-order valence-corrected chi connectivity index (χ1v) is 7.54. The molecule has 0 aliphatic carbocycles. The van der Waals surface area contributed by atoms with E-state index < -0.39 is 0 Å². The van der Waals surface area contributed by atoms with E-state index in [1.165, 1.54) is 18.6 Å². The van der Waals surface area contributed by atoms with Gasteiger partial charge in [-0.2, -0.15) is 11.8 Å². The highest BCUT2D eigenvalue weighted by Crippen LogP contribution is 2.36. The Morgan fingerprint density at radius 1 is 1.24 bits per heavy atom. The highest BCUT2D eigenvalue weighted by molar-refractivity contribution is 7.99. The number of unbranched alkanes of at least 4 members (excludes halogenated alkanes) is 1. The molecule has 0 fully saturated rings. The first-order chi connectivity index (χ1) is 8.08. The van der Waals surface area contributed by atoms with Gasteiger partial charge in [0.05, 0.1) is 6.10 Å². The third-order valence-corrected chi connectivity index (χ3v) is 4.50. The van der Waals surface area contributed by atoms with Crippen LogP contribution in [-0.2, 0) is 0 Å². The Labute approximate surface area is 110 Å². The van der Waals surface area contributed by atoms with Gasteiger partial charge in [-0.3, -0.25) is 0 Å². The molecule has 0 radical (unpaired) electrons. The third kappa shape index (κ3) is 4.72. The lowest BCUT2D eigenvalue weighted by molar-refractivity contribution is 0.0660. The van der Waals surface area contributed by atoms with Gasteiger partial charge in [-0.05, 0) is 17.7 Å². The normalized spacial score (nSPS) is 13.6. The molecule has 96 valence electrons. The van der Waals surface area contributed by atoms with E-state index in [4.69, 9.17) is 0 Å². The molecule has 1 aromatic carbocycles. The van der Waals surface area contributed by atoms with E-state index in [9.17, 15) is 5.11 Å². The van der Waals surface area contributed by atoms with Gasteiger partial charge >= 0.3 is 0 Å². The zero-order valence-electron chi connectivity index (χ0n) is 11.1. The van der Waals surface area contributed by atoms with Crippen molar-refractivity contribution in [1.82, 2.24) is 0 Å². The van der Waals surface area contributed by atoms with Gasteiger partial charge in [-0.15, -0.1) is 0 Å². The molecule has 0 aromatic heterocycles. The van der Waals surface area contributed by atoms with E-state index in [0.717, 1.165) is 11.3 Å². The van der Waals surface area contributed by atoms with E-state index in [-0.39, 0.29) is 11.5 Å². The van der Waals surface area contributed by atoms with Crippen molar-refractivity contribution in [3.8, 4) is 0 Å². The minimum absolute atomic E-state index is 0.0697. The van der Waals surface area contributed by atoms with Gasteiger partial charge in [0.1, 0.15) is 0 Å². The monoisotopic (exact) mass is 252 g/mol.